The third kappa shape index (κ3) is 3.50. The molecule has 0 heterocycles. The number of likely N-dealkylation sites (N-methyl/N-ethyl adjacent to an activating group) is 1. The van der Waals surface area contributed by atoms with Crippen LogP contribution in [0.25, 0.3) is 0 Å². The molecule has 2 aliphatic rings. The van der Waals surface area contributed by atoms with E-state index in [9.17, 15) is 0 Å². The van der Waals surface area contributed by atoms with Crippen molar-refractivity contribution in [3.8, 4) is 0 Å². The van der Waals surface area contributed by atoms with Gasteiger partial charge in [-0.1, -0.05) is 26.7 Å². The van der Waals surface area contributed by atoms with Crippen LogP contribution in [0.4, 0.5) is 0 Å². The van der Waals surface area contributed by atoms with E-state index in [-0.39, 0.29) is 0 Å². The second-order valence-electron chi connectivity index (χ2n) is 6.93. The van der Waals surface area contributed by atoms with E-state index >= 15 is 0 Å². The number of hydrogen-bond donors (Lipinski definition) is 1. The Morgan fingerprint density at radius 2 is 1.95 bits per heavy atom. The van der Waals surface area contributed by atoms with E-state index in [1.54, 1.807) is 0 Å². The summed E-state index contributed by atoms with van der Waals surface area (Å²) < 4.78 is 5.78. The van der Waals surface area contributed by atoms with E-state index in [1.165, 1.54) is 38.6 Å². The molecule has 2 saturated carbocycles. The Balaban J connectivity index is 1.64. The van der Waals surface area contributed by atoms with E-state index in [4.69, 9.17) is 4.74 Å². The standard InChI is InChI=1S/C16H32N2O/c1-5-19-15-12-14(16(15,2)3)17-10-11-18(4)13-8-6-7-9-13/h13-15,17H,5-12H2,1-4H3. The minimum absolute atomic E-state index is 0.294. The van der Waals surface area contributed by atoms with Gasteiger partial charge in [-0.05, 0) is 33.2 Å². The first-order valence-electron chi connectivity index (χ1n) is 8.11. The third-order valence-corrected chi connectivity index (χ3v) is 5.35. The van der Waals surface area contributed by atoms with Crippen molar-refractivity contribution in [3.05, 3.63) is 0 Å². The summed E-state index contributed by atoms with van der Waals surface area (Å²) in [5.74, 6) is 0. The van der Waals surface area contributed by atoms with E-state index in [0.29, 0.717) is 17.6 Å². The molecule has 0 aliphatic heterocycles. The minimum Gasteiger partial charge on any atom is -0.378 e. The van der Waals surface area contributed by atoms with Gasteiger partial charge in [-0.3, -0.25) is 0 Å². The molecule has 0 spiro atoms. The zero-order chi connectivity index (χ0) is 13.9. The van der Waals surface area contributed by atoms with Crippen molar-refractivity contribution in [2.24, 2.45) is 5.41 Å². The van der Waals surface area contributed by atoms with Crippen LogP contribution in [0.3, 0.4) is 0 Å². The smallest absolute Gasteiger partial charge is 0.0655 e. The normalized spacial score (nSPS) is 30.8. The Hall–Kier alpha value is -0.120. The maximum Gasteiger partial charge on any atom is 0.0655 e. The maximum atomic E-state index is 5.78. The van der Waals surface area contributed by atoms with Gasteiger partial charge in [0.25, 0.3) is 0 Å². The van der Waals surface area contributed by atoms with Crippen LogP contribution in [0.2, 0.25) is 0 Å². The average molecular weight is 268 g/mol. The lowest BCUT2D eigenvalue weighted by Gasteiger charge is -2.52. The molecule has 1 N–H and O–H groups in total. The lowest BCUT2D eigenvalue weighted by molar-refractivity contribution is -0.114. The molecule has 3 heteroatoms. The lowest BCUT2D eigenvalue weighted by atomic mass is 9.64. The summed E-state index contributed by atoms with van der Waals surface area (Å²) in [6.45, 7) is 9.87. The summed E-state index contributed by atoms with van der Waals surface area (Å²) in [5, 5.41) is 3.73. The van der Waals surface area contributed by atoms with Gasteiger partial charge in [-0.15, -0.1) is 0 Å². The van der Waals surface area contributed by atoms with Crippen LogP contribution in [0, 0.1) is 5.41 Å². The van der Waals surface area contributed by atoms with Gasteiger partial charge in [0.15, 0.2) is 0 Å². The first-order chi connectivity index (χ1) is 9.05. The molecule has 2 atom stereocenters. The summed E-state index contributed by atoms with van der Waals surface area (Å²) in [7, 11) is 2.28. The van der Waals surface area contributed by atoms with Crippen molar-refractivity contribution in [3.63, 3.8) is 0 Å². The first kappa shape index (κ1) is 15.3. The van der Waals surface area contributed by atoms with Crippen molar-refractivity contribution >= 4 is 0 Å². The molecule has 2 unspecified atom stereocenters. The first-order valence-corrected chi connectivity index (χ1v) is 8.11. The number of nitrogens with zero attached hydrogens (tertiary/aromatic N) is 1. The van der Waals surface area contributed by atoms with Gasteiger partial charge in [-0.25, -0.2) is 0 Å². The molecule has 0 saturated heterocycles. The lowest BCUT2D eigenvalue weighted by Crippen LogP contribution is -2.61. The van der Waals surface area contributed by atoms with Gasteiger partial charge < -0.3 is 15.0 Å². The topological polar surface area (TPSA) is 24.5 Å². The van der Waals surface area contributed by atoms with Crippen molar-refractivity contribution in [2.45, 2.75) is 71.1 Å². The van der Waals surface area contributed by atoms with E-state index in [2.05, 4.69) is 38.0 Å². The fourth-order valence-electron chi connectivity index (χ4n) is 3.66. The Labute approximate surface area is 119 Å². The largest absolute Gasteiger partial charge is 0.378 e. The zero-order valence-corrected chi connectivity index (χ0v) is 13.2. The van der Waals surface area contributed by atoms with E-state index < -0.39 is 0 Å². The van der Waals surface area contributed by atoms with Gasteiger partial charge in [0.1, 0.15) is 0 Å². The average Bonchev–Trinajstić information content (AvgIpc) is 2.90. The Bertz CT molecular complexity index is 274. The summed E-state index contributed by atoms with van der Waals surface area (Å²) in [4.78, 5) is 2.55. The van der Waals surface area contributed by atoms with Gasteiger partial charge >= 0.3 is 0 Å². The van der Waals surface area contributed by atoms with Crippen LogP contribution in [0.1, 0.15) is 52.9 Å². The molecule has 0 aromatic rings. The van der Waals surface area contributed by atoms with Crippen LogP contribution < -0.4 is 5.32 Å². The number of nitrogens with one attached hydrogen (secondary N) is 1. The van der Waals surface area contributed by atoms with Crippen molar-refractivity contribution < 1.29 is 4.74 Å². The van der Waals surface area contributed by atoms with Crippen LogP contribution in [-0.2, 0) is 4.74 Å². The molecule has 0 amide bonds. The van der Waals surface area contributed by atoms with E-state index in [0.717, 1.165) is 19.2 Å². The highest BCUT2D eigenvalue weighted by Crippen LogP contribution is 2.42. The second-order valence-corrected chi connectivity index (χ2v) is 6.93. The molecule has 19 heavy (non-hydrogen) atoms. The molecular weight excluding hydrogens is 236 g/mol. The number of rotatable bonds is 7. The van der Waals surface area contributed by atoms with Gasteiger partial charge in [-0.2, -0.15) is 0 Å². The molecule has 0 radical (unpaired) electrons. The summed E-state index contributed by atoms with van der Waals surface area (Å²) in [5.41, 5.74) is 0.294. The highest BCUT2D eigenvalue weighted by atomic mass is 16.5. The molecule has 2 aliphatic carbocycles. The SMILES string of the molecule is CCOC1CC(NCCN(C)C2CCCC2)C1(C)C. The molecular formula is C16H32N2O. The van der Waals surface area contributed by atoms with Crippen LogP contribution >= 0.6 is 0 Å². The third-order valence-electron chi connectivity index (χ3n) is 5.35. The summed E-state index contributed by atoms with van der Waals surface area (Å²) in [6.07, 6.45) is 7.27. The number of ether oxygens (including phenoxy) is 1. The molecule has 0 aromatic heterocycles. The number of hydrogen-bond acceptors (Lipinski definition) is 3. The Morgan fingerprint density at radius 3 is 2.53 bits per heavy atom. The zero-order valence-electron chi connectivity index (χ0n) is 13.2. The molecule has 112 valence electrons. The minimum atomic E-state index is 0.294. The second kappa shape index (κ2) is 6.55. The Morgan fingerprint density at radius 1 is 1.26 bits per heavy atom. The summed E-state index contributed by atoms with van der Waals surface area (Å²) in [6, 6.07) is 1.47. The van der Waals surface area contributed by atoms with Crippen molar-refractivity contribution in [2.75, 3.05) is 26.7 Å². The predicted molar refractivity (Wildman–Crippen MR) is 80.5 cm³/mol. The van der Waals surface area contributed by atoms with Gasteiger partial charge in [0, 0.05) is 37.2 Å². The highest BCUT2D eigenvalue weighted by Gasteiger charge is 2.48. The quantitative estimate of drug-likeness (QED) is 0.768. The van der Waals surface area contributed by atoms with Gasteiger partial charge in [0.05, 0.1) is 6.10 Å². The van der Waals surface area contributed by atoms with Crippen LogP contribution in [0.5, 0.6) is 0 Å². The summed E-state index contributed by atoms with van der Waals surface area (Å²) >= 11 is 0. The van der Waals surface area contributed by atoms with Crippen LogP contribution in [-0.4, -0.2) is 49.8 Å². The fraction of sp³-hybridized carbons (Fsp3) is 1.00. The van der Waals surface area contributed by atoms with Crippen molar-refractivity contribution in [1.29, 1.82) is 0 Å². The van der Waals surface area contributed by atoms with E-state index in [1.807, 2.05) is 0 Å². The van der Waals surface area contributed by atoms with Gasteiger partial charge in [0.2, 0.25) is 0 Å². The predicted octanol–water partition coefficient (Wildman–Crippen LogP) is 2.65. The molecule has 0 bridgehead atoms. The Kier molecular flexibility index (Phi) is 5.27. The molecule has 0 aromatic carbocycles. The fourth-order valence-corrected chi connectivity index (χ4v) is 3.66. The maximum absolute atomic E-state index is 5.78. The highest BCUT2D eigenvalue weighted by molar-refractivity contribution is 5.02. The molecule has 2 fully saturated rings. The van der Waals surface area contributed by atoms with Crippen molar-refractivity contribution in [1.82, 2.24) is 10.2 Å². The molecule has 2 rings (SSSR count). The molecule has 3 nitrogen and oxygen atoms in total. The monoisotopic (exact) mass is 268 g/mol. The van der Waals surface area contributed by atoms with Crippen LogP contribution in [0.15, 0.2) is 0 Å².